The minimum Gasteiger partial charge on any atom is -0.358 e. The number of aldehydes is 1. The third kappa shape index (κ3) is 8.07. The predicted octanol–water partition coefficient (Wildman–Crippen LogP) is 1.10. The van der Waals surface area contributed by atoms with Crippen LogP contribution in [0.15, 0.2) is 18.2 Å². The van der Waals surface area contributed by atoms with Crippen molar-refractivity contribution in [1.82, 2.24) is 15.5 Å². The molecule has 0 aliphatic heterocycles. The number of Topliss-reactive ketones (excluding diaryl/α,β-unsaturated/α-hetero) is 1. The second-order valence-electron chi connectivity index (χ2n) is 6.09. The minimum absolute atomic E-state index is 0.0176. The number of hydrogen-bond donors (Lipinski definition) is 2. The summed E-state index contributed by atoms with van der Waals surface area (Å²) in [6.07, 6.45) is 1.42. The van der Waals surface area contributed by atoms with Gasteiger partial charge in [0, 0.05) is 20.1 Å². The van der Waals surface area contributed by atoms with E-state index in [4.69, 9.17) is 23.2 Å². The van der Waals surface area contributed by atoms with E-state index in [1.807, 2.05) is 6.07 Å². The van der Waals surface area contributed by atoms with Crippen LogP contribution in [0.25, 0.3) is 0 Å². The number of halogens is 2. The molecule has 1 unspecified atom stereocenters. The lowest BCUT2D eigenvalue weighted by atomic mass is 10.0. The number of hydrogen-bond acceptors (Lipinski definition) is 5. The summed E-state index contributed by atoms with van der Waals surface area (Å²) in [5.74, 6) is -2.76. The van der Waals surface area contributed by atoms with Gasteiger partial charge in [0.2, 0.25) is 17.6 Å². The number of rotatable bonds is 11. The van der Waals surface area contributed by atoms with Gasteiger partial charge in [-0.3, -0.25) is 24.1 Å². The average Bonchev–Trinajstić information content (AvgIpc) is 2.65. The summed E-state index contributed by atoms with van der Waals surface area (Å²) in [6.45, 7) is 0.328. The smallest absolute Gasteiger partial charge is 0.233 e. The third-order valence-corrected chi connectivity index (χ3v) is 4.63. The maximum Gasteiger partial charge on any atom is 0.233 e. The number of amides is 2. The van der Waals surface area contributed by atoms with Crippen LogP contribution in [0.3, 0.4) is 0 Å². The van der Waals surface area contributed by atoms with Gasteiger partial charge < -0.3 is 10.6 Å². The molecule has 9 heteroatoms. The van der Waals surface area contributed by atoms with E-state index < -0.39 is 17.6 Å². The second kappa shape index (κ2) is 11.7. The summed E-state index contributed by atoms with van der Waals surface area (Å²) in [5.41, 5.74) is 0.976. The van der Waals surface area contributed by atoms with Crippen molar-refractivity contribution in [3.8, 4) is 0 Å². The Morgan fingerprint density at radius 3 is 2.52 bits per heavy atom. The Hall–Kier alpha value is -1.96. The lowest BCUT2D eigenvalue weighted by Crippen LogP contribution is -2.44. The van der Waals surface area contributed by atoms with Crippen LogP contribution in [0.2, 0.25) is 10.0 Å². The standard InChI is InChI=1S/C18H23Cl2N3O4/c1-21-17(26)10-23(2)9-13(16(25)11-24)18(27)22-7-3-4-12-5-6-14(19)15(20)8-12/h5-6,8,11,13H,3-4,7,9-10H2,1-2H3,(H,21,26)(H,22,27). The molecule has 0 heterocycles. The number of carbonyl (C=O) groups excluding carboxylic acids is 4. The Labute approximate surface area is 168 Å². The van der Waals surface area contributed by atoms with Crippen molar-refractivity contribution in [2.24, 2.45) is 5.92 Å². The summed E-state index contributed by atoms with van der Waals surface area (Å²) in [5, 5.41) is 6.06. The molecule has 0 aliphatic carbocycles. The Morgan fingerprint density at radius 2 is 1.93 bits per heavy atom. The van der Waals surface area contributed by atoms with Crippen LogP contribution in [-0.2, 0) is 25.6 Å². The number of nitrogens with zero attached hydrogens (tertiary/aromatic N) is 1. The zero-order valence-electron chi connectivity index (χ0n) is 15.3. The van der Waals surface area contributed by atoms with Crippen molar-refractivity contribution in [3.05, 3.63) is 33.8 Å². The molecule has 0 saturated heterocycles. The van der Waals surface area contributed by atoms with Crippen molar-refractivity contribution < 1.29 is 19.2 Å². The molecule has 0 spiro atoms. The number of likely N-dealkylation sites (N-methyl/N-ethyl adjacent to an activating group) is 2. The van der Waals surface area contributed by atoms with Gasteiger partial charge in [0.05, 0.1) is 16.6 Å². The second-order valence-corrected chi connectivity index (χ2v) is 6.90. The lowest BCUT2D eigenvalue weighted by molar-refractivity contribution is -0.139. The van der Waals surface area contributed by atoms with E-state index in [0.717, 1.165) is 5.56 Å². The highest BCUT2D eigenvalue weighted by atomic mass is 35.5. The summed E-state index contributed by atoms with van der Waals surface area (Å²) in [6, 6.07) is 5.32. The first-order chi connectivity index (χ1) is 12.8. The van der Waals surface area contributed by atoms with E-state index in [1.165, 1.54) is 11.9 Å². The van der Waals surface area contributed by atoms with E-state index in [0.29, 0.717) is 29.4 Å². The maximum atomic E-state index is 12.3. The van der Waals surface area contributed by atoms with Gasteiger partial charge in [-0.05, 0) is 37.6 Å². The number of ketones is 1. The highest BCUT2D eigenvalue weighted by Crippen LogP contribution is 2.23. The number of benzene rings is 1. The average molecular weight is 416 g/mol. The Kier molecular flexibility index (Phi) is 9.99. The Morgan fingerprint density at radius 1 is 1.22 bits per heavy atom. The minimum atomic E-state index is -1.15. The summed E-state index contributed by atoms with van der Waals surface area (Å²) >= 11 is 11.8. The molecule has 0 fully saturated rings. The zero-order chi connectivity index (χ0) is 20.4. The van der Waals surface area contributed by atoms with E-state index in [-0.39, 0.29) is 25.3 Å². The molecule has 0 aliphatic rings. The maximum absolute atomic E-state index is 12.3. The largest absolute Gasteiger partial charge is 0.358 e. The molecule has 1 atom stereocenters. The molecular weight excluding hydrogens is 393 g/mol. The molecule has 1 aromatic rings. The van der Waals surface area contributed by atoms with Gasteiger partial charge >= 0.3 is 0 Å². The summed E-state index contributed by atoms with van der Waals surface area (Å²) in [7, 11) is 3.09. The van der Waals surface area contributed by atoms with Gasteiger partial charge in [0.1, 0.15) is 5.92 Å². The molecule has 1 rings (SSSR count). The summed E-state index contributed by atoms with van der Waals surface area (Å²) in [4.78, 5) is 47.8. The van der Waals surface area contributed by atoms with Gasteiger partial charge in [-0.15, -0.1) is 0 Å². The third-order valence-electron chi connectivity index (χ3n) is 3.89. The van der Waals surface area contributed by atoms with Crippen LogP contribution in [0.4, 0.5) is 0 Å². The fraction of sp³-hybridized carbons (Fsp3) is 0.444. The number of aryl methyl sites for hydroxylation is 1. The molecule has 2 amide bonds. The van der Waals surface area contributed by atoms with Gasteiger partial charge in [-0.2, -0.15) is 0 Å². The van der Waals surface area contributed by atoms with E-state index in [9.17, 15) is 19.2 Å². The molecule has 0 bridgehead atoms. The first-order valence-electron chi connectivity index (χ1n) is 8.38. The topological polar surface area (TPSA) is 95.6 Å². The fourth-order valence-electron chi connectivity index (χ4n) is 2.41. The Bertz CT molecular complexity index is 697. The normalized spacial score (nSPS) is 11.7. The predicted molar refractivity (Wildman–Crippen MR) is 104 cm³/mol. The molecular formula is C18H23Cl2N3O4. The van der Waals surface area contributed by atoms with Crippen LogP contribution in [-0.4, -0.2) is 62.5 Å². The molecule has 0 radical (unpaired) electrons. The van der Waals surface area contributed by atoms with Crippen molar-refractivity contribution in [2.75, 3.05) is 33.7 Å². The first kappa shape index (κ1) is 23.1. The lowest BCUT2D eigenvalue weighted by Gasteiger charge is -2.20. The van der Waals surface area contributed by atoms with Crippen molar-refractivity contribution >= 4 is 47.1 Å². The van der Waals surface area contributed by atoms with Crippen LogP contribution in [0.5, 0.6) is 0 Å². The SMILES string of the molecule is CNC(=O)CN(C)CC(C(=O)C=O)C(=O)NCCCc1ccc(Cl)c(Cl)c1. The van der Waals surface area contributed by atoms with Crippen LogP contribution in [0, 0.1) is 5.92 Å². The van der Waals surface area contributed by atoms with Gasteiger partial charge in [-0.25, -0.2) is 0 Å². The van der Waals surface area contributed by atoms with Gasteiger partial charge in [0.15, 0.2) is 6.29 Å². The van der Waals surface area contributed by atoms with Gasteiger partial charge in [0.25, 0.3) is 0 Å². The van der Waals surface area contributed by atoms with Crippen molar-refractivity contribution in [1.29, 1.82) is 0 Å². The summed E-state index contributed by atoms with van der Waals surface area (Å²) < 4.78 is 0. The first-order valence-corrected chi connectivity index (χ1v) is 9.13. The molecule has 27 heavy (non-hydrogen) atoms. The molecule has 1 aromatic carbocycles. The quantitative estimate of drug-likeness (QED) is 0.244. The van der Waals surface area contributed by atoms with Crippen LogP contribution >= 0.6 is 23.2 Å². The van der Waals surface area contributed by atoms with Crippen LogP contribution in [0.1, 0.15) is 12.0 Å². The van der Waals surface area contributed by atoms with Gasteiger partial charge in [-0.1, -0.05) is 29.3 Å². The van der Waals surface area contributed by atoms with E-state index in [1.54, 1.807) is 19.2 Å². The molecule has 7 nitrogen and oxygen atoms in total. The molecule has 0 saturated carbocycles. The van der Waals surface area contributed by atoms with Crippen molar-refractivity contribution in [3.63, 3.8) is 0 Å². The molecule has 2 N–H and O–H groups in total. The molecule has 148 valence electrons. The zero-order valence-corrected chi connectivity index (χ0v) is 16.8. The molecule has 0 aromatic heterocycles. The fourth-order valence-corrected chi connectivity index (χ4v) is 2.73. The van der Waals surface area contributed by atoms with Crippen LogP contribution < -0.4 is 10.6 Å². The van der Waals surface area contributed by atoms with E-state index >= 15 is 0 Å². The highest BCUT2D eigenvalue weighted by Gasteiger charge is 2.27. The van der Waals surface area contributed by atoms with Crippen molar-refractivity contribution in [2.45, 2.75) is 12.8 Å². The number of carbonyl (C=O) groups is 4. The van der Waals surface area contributed by atoms with E-state index in [2.05, 4.69) is 10.6 Å². The Balaban J connectivity index is 2.53. The monoisotopic (exact) mass is 415 g/mol. The number of nitrogens with one attached hydrogen (secondary N) is 2. The highest BCUT2D eigenvalue weighted by molar-refractivity contribution is 6.42.